The van der Waals surface area contributed by atoms with E-state index in [1.165, 1.54) is 6.42 Å². The lowest BCUT2D eigenvalue weighted by Gasteiger charge is -2.35. The number of nitrogens with zero attached hydrogens (tertiary/aromatic N) is 2. The van der Waals surface area contributed by atoms with Crippen molar-refractivity contribution in [1.82, 2.24) is 9.80 Å². The third kappa shape index (κ3) is 4.89. The predicted molar refractivity (Wildman–Crippen MR) is 92.7 cm³/mol. The maximum Gasteiger partial charge on any atom is 0.321 e. The molecular weight excluding hydrogens is 298 g/mol. The van der Waals surface area contributed by atoms with Gasteiger partial charge >= 0.3 is 6.03 Å². The molecule has 1 aliphatic rings. The number of piperazine rings is 1. The summed E-state index contributed by atoms with van der Waals surface area (Å²) >= 11 is 5.94. The summed E-state index contributed by atoms with van der Waals surface area (Å²) in [7, 11) is 0. The number of halogens is 1. The molecule has 1 heterocycles. The number of carbonyl (C=O) groups excluding carboxylic acids is 1. The van der Waals surface area contributed by atoms with Crippen molar-refractivity contribution in [2.75, 3.05) is 38.0 Å². The van der Waals surface area contributed by atoms with Crippen LogP contribution >= 0.6 is 11.6 Å². The molecular formula is C17H26ClN3O. The quantitative estimate of drug-likeness (QED) is 0.913. The fourth-order valence-corrected chi connectivity index (χ4v) is 2.80. The Bertz CT molecular complexity index is 511. The van der Waals surface area contributed by atoms with Crippen molar-refractivity contribution in [1.29, 1.82) is 0 Å². The van der Waals surface area contributed by atoms with Gasteiger partial charge in [-0.25, -0.2) is 4.79 Å². The van der Waals surface area contributed by atoms with E-state index in [0.717, 1.165) is 49.9 Å². The van der Waals surface area contributed by atoms with Gasteiger partial charge in [0.05, 0.1) is 0 Å². The van der Waals surface area contributed by atoms with Crippen LogP contribution in [0.2, 0.25) is 5.02 Å². The van der Waals surface area contributed by atoms with E-state index in [1.807, 2.05) is 24.0 Å². The van der Waals surface area contributed by atoms with Gasteiger partial charge in [-0.05, 0) is 49.6 Å². The summed E-state index contributed by atoms with van der Waals surface area (Å²) < 4.78 is 0. The van der Waals surface area contributed by atoms with Crippen LogP contribution in [0.3, 0.4) is 0 Å². The average Bonchev–Trinajstić information content (AvgIpc) is 2.48. The number of benzene rings is 1. The maximum atomic E-state index is 12.3. The van der Waals surface area contributed by atoms with Crippen molar-refractivity contribution < 1.29 is 4.79 Å². The largest absolute Gasteiger partial charge is 0.322 e. The second-order valence-electron chi connectivity index (χ2n) is 6.40. The second kappa shape index (κ2) is 7.84. The fraction of sp³-hybridized carbons (Fsp3) is 0.588. The average molecular weight is 324 g/mol. The van der Waals surface area contributed by atoms with Gasteiger partial charge in [0.2, 0.25) is 0 Å². The number of rotatable bonds is 4. The molecule has 1 aliphatic heterocycles. The van der Waals surface area contributed by atoms with Crippen LogP contribution in [0.25, 0.3) is 0 Å². The molecule has 0 unspecified atom stereocenters. The number of nitrogens with one attached hydrogen (secondary N) is 1. The standard InChI is InChI=1S/C17H26ClN3O/c1-13(2)6-7-20-8-10-21(11-9-20)17(22)19-16-5-4-15(18)12-14(16)3/h4-5,12-13H,6-11H2,1-3H3,(H,19,22). The van der Waals surface area contributed by atoms with E-state index >= 15 is 0 Å². The molecule has 5 heteroatoms. The summed E-state index contributed by atoms with van der Waals surface area (Å²) in [6, 6.07) is 5.50. The highest BCUT2D eigenvalue weighted by molar-refractivity contribution is 6.30. The van der Waals surface area contributed by atoms with Crippen LogP contribution in [-0.2, 0) is 0 Å². The predicted octanol–water partition coefficient (Wildman–Crippen LogP) is 3.84. The van der Waals surface area contributed by atoms with Crippen LogP contribution in [0.4, 0.5) is 10.5 Å². The molecule has 122 valence electrons. The van der Waals surface area contributed by atoms with Gasteiger partial charge in [0, 0.05) is 36.9 Å². The van der Waals surface area contributed by atoms with E-state index in [0.29, 0.717) is 5.02 Å². The Morgan fingerprint density at radius 3 is 2.55 bits per heavy atom. The van der Waals surface area contributed by atoms with Gasteiger partial charge < -0.3 is 10.2 Å². The minimum atomic E-state index is -0.0195. The molecule has 1 aromatic carbocycles. The summed E-state index contributed by atoms with van der Waals surface area (Å²) in [6.45, 7) is 11.1. The van der Waals surface area contributed by atoms with Crippen LogP contribution in [-0.4, -0.2) is 48.6 Å². The first kappa shape index (κ1) is 17.1. The minimum Gasteiger partial charge on any atom is -0.322 e. The van der Waals surface area contributed by atoms with Crippen molar-refractivity contribution in [3.8, 4) is 0 Å². The molecule has 0 saturated carbocycles. The Kier molecular flexibility index (Phi) is 6.09. The Hall–Kier alpha value is -1.26. The molecule has 22 heavy (non-hydrogen) atoms. The lowest BCUT2D eigenvalue weighted by Crippen LogP contribution is -2.50. The molecule has 0 aromatic heterocycles. The molecule has 0 bridgehead atoms. The molecule has 0 aliphatic carbocycles. The monoisotopic (exact) mass is 323 g/mol. The van der Waals surface area contributed by atoms with E-state index in [9.17, 15) is 4.79 Å². The van der Waals surface area contributed by atoms with Crippen LogP contribution < -0.4 is 5.32 Å². The summed E-state index contributed by atoms with van der Waals surface area (Å²) in [5.74, 6) is 0.731. The molecule has 0 radical (unpaired) electrons. The third-order valence-electron chi connectivity index (χ3n) is 4.11. The topological polar surface area (TPSA) is 35.6 Å². The molecule has 2 amide bonds. The van der Waals surface area contributed by atoms with Crippen LogP contribution in [0.5, 0.6) is 0 Å². The lowest BCUT2D eigenvalue weighted by molar-refractivity contribution is 0.143. The number of hydrogen-bond donors (Lipinski definition) is 1. The SMILES string of the molecule is Cc1cc(Cl)ccc1NC(=O)N1CCN(CCC(C)C)CC1. The van der Waals surface area contributed by atoms with Gasteiger partial charge in [0.15, 0.2) is 0 Å². The summed E-state index contributed by atoms with van der Waals surface area (Å²) in [4.78, 5) is 16.7. The zero-order valence-electron chi connectivity index (χ0n) is 13.7. The number of hydrogen-bond acceptors (Lipinski definition) is 2. The zero-order chi connectivity index (χ0) is 16.1. The minimum absolute atomic E-state index is 0.0195. The molecule has 1 fully saturated rings. The first-order chi connectivity index (χ1) is 10.5. The third-order valence-corrected chi connectivity index (χ3v) is 4.35. The normalized spacial score (nSPS) is 16.1. The van der Waals surface area contributed by atoms with Crippen molar-refractivity contribution in [3.05, 3.63) is 28.8 Å². The summed E-state index contributed by atoms with van der Waals surface area (Å²) in [6.07, 6.45) is 1.22. The van der Waals surface area contributed by atoms with Gasteiger partial charge in [0.1, 0.15) is 0 Å². The van der Waals surface area contributed by atoms with E-state index < -0.39 is 0 Å². The highest BCUT2D eigenvalue weighted by Gasteiger charge is 2.21. The van der Waals surface area contributed by atoms with Crippen molar-refractivity contribution >= 4 is 23.3 Å². The van der Waals surface area contributed by atoms with Gasteiger partial charge in [-0.3, -0.25) is 4.90 Å². The van der Waals surface area contributed by atoms with E-state index in [-0.39, 0.29) is 6.03 Å². The van der Waals surface area contributed by atoms with Crippen LogP contribution in [0.15, 0.2) is 18.2 Å². The van der Waals surface area contributed by atoms with E-state index in [4.69, 9.17) is 11.6 Å². The van der Waals surface area contributed by atoms with E-state index in [1.54, 1.807) is 6.07 Å². The van der Waals surface area contributed by atoms with Crippen molar-refractivity contribution in [2.45, 2.75) is 27.2 Å². The number of carbonyl (C=O) groups is 1. The Morgan fingerprint density at radius 1 is 1.27 bits per heavy atom. The smallest absolute Gasteiger partial charge is 0.321 e. The number of aryl methyl sites for hydroxylation is 1. The van der Waals surface area contributed by atoms with Crippen LogP contribution in [0, 0.1) is 12.8 Å². The Balaban J connectivity index is 1.82. The first-order valence-corrected chi connectivity index (χ1v) is 8.38. The van der Waals surface area contributed by atoms with Gasteiger partial charge in [-0.15, -0.1) is 0 Å². The van der Waals surface area contributed by atoms with Crippen molar-refractivity contribution in [3.63, 3.8) is 0 Å². The molecule has 1 aromatic rings. The number of amides is 2. The molecule has 4 nitrogen and oxygen atoms in total. The lowest BCUT2D eigenvalue weighted by atomic mass is 10.1. The van der Waals surface area contributed by atoms with E-state index in [2.05, 4.69) is 24.1 Å². The molecule has 1 saturated heterocycles. The maximum absolute atomic E-state index is 12.3. The highest BCUT2D eigenvalue weighted by Crippen LogP contribution is 2.20. The van der Waals surface area contributed by atoms with Gasteiger partial charge in [-0.2, -0.15) is 0 Å². The Labute approximate surface area is 138 Å². The number of anilines is 1. The molecule has 0 spiro atoms. The summed E-state index contributed by atoms with van der Waals surface area (Å²) in [5.41, 5.74) is 1.81. The first-order valence-electron chi connectivity index (χ1n) is 8.00. The molecule has 0 atom stereocenters. The van der Waals surface area contributed by atoms with Gasteiger partial charge in [-0.1, -0.05) is 25.4 Å². The second-order valence-corrected chi connectivity index (χ2v) is 6.84. The van der Waals surface area contributed by atoms with Gasteiger partial charge in [0.25, 0.3) is 0 Å². The summed E-state index contributed by atoms with van der Waals surface area (Å²) in [5, 5.41) is 3.67. The highest BCUT2D eigenvalue weighted by atomic mass is 35.5. The fourth-order valence-electron chi connectivity index (χ4n) is 2.58. The zero-order valence-corrected chi connectivity index (χ0v) is 14.5. The molecule has 2 rings (SSSR count). The molecule has 1 N–H and O–H groups in total. The number of urea groups is 1. The van der Waals surface area contributed by atoms with Crippen LogP contribution in [0.1, 0.15) is 25.8 Å². The van der Waals surface area contributed by atoms with Crippen molar-refractivity contribution in [2.24, 2.45) is 5.92 Å². The Morgan fingerprint density at radius 2 is 1.95 bits per heavy atom.